The van der Waals surface area contributed by atoms with Gasteiger partial charge in [0.15, 0.2) is 0 Å². The molecule has 1 N–H and O–H groups in total. The van der Waals surface area contributed by atoms with Crippen molar-refractivity contribution in [3.63, 3.8) is 0 Å². The molecular weight excluding hydrogens is 295 g/mol. The maximum atomic E-state index is 12.7. The Kier molecular flexibility index (Phi) is 3.38. The van der Waals surface area contributed by atoms with Crippen molar-refractivity contribution in [3.8, 4) is 0 Å². The lowest BCUT2D eigenvalue weighted by Crippen LogP contribution is -2.34. The number of rotatable bonds is 3. The van der Waals surface area contributed by atoms with Crippen LogP contribution >= 0.6 is 11.3 Å². The summed E-state index contributed by atoms with van der Waals surface area (Å²) in [5, 5.41) is 14.5. The lowest BCUT2D eigenvalue weighted by Gasteiger charge is -2.15. The van der Waals surface area contributed by atoms with E-state index in [9.17, 15) is 13.2 Å². The minimum Gasteiger partial charge on any atom is -0.379 e. The smallest absolute Gasteiger partial charge is 0.379 e. The highest BCUT2D eigenvalue weighted by molar-refractivity contribution is 7.16. The monoisotopic (exact) mass is 307 g/mol. The van der Waals surface area contributed by atoms with E-state index in [2.05, 4.69) is 20.6 Å². The van der Waals surface area contributed by atoms with E-state index >= 15 is 0 Å². The van der Waals surface area contributed by atoms with E-state index in [1.54, 1.807) is 0 Å². The summed E-state index contributed by atoms with van der Waals surface area (Å²) in [5.41, 5.74) is 0. The lowest BCUT2D eigenvalue weighted by molar-refractivity contribution is -0.146. The molecule has 1 aliphatic heterocycles. The van der Waals surface area contributed by atoms with Gasteiger partial charge < -0.3 is 10.1 Å². The number of likely N-dealkylation sites (N-methyl/N-ethyl adjacent to an activating group) is 1. The second-order valence-electron chi connectivity index (χ2n) is 4.46. The quantitative estimate of drug-likeness (QED) is 0.926. The molecule has 2 unspecified atom stereocenters. The van der Waals surface area contributed by atoms with Crippen LogP contribution in [0, 0.1) is 0 Å². The van der Waals surface area contributed by atoms with Gasteiger partial charge in [-0.05, 0) is 6.54 Å². The third-order valence-corrected chi connectivity index (χ3v) is 4.15. The van der Waals surface area contributed by atoms with Crippen LogP contribution in [0.4, 0.5) is 13.2 Å². The Balaban J connectivity index is 1.95. The summed E-state index contributed by atoms with van der Waals surface area (Å²) in [6.45, 7) is 3.71. The van der Waals surface area contributed by atoms with Crippen LogP contribution in [0.5, 0.6) is 0 Å². The van der Waals surface area contributed by atoms with Gasteiger partial charge in [0.25, 0.3) is 5.82 Å². The number of aromatic nitrogens is 4. The fraction of sp³-hybridized carbons (Fsp3) is 0.700. The topological polar surface area (TPSA) is 64.3 Å². The summed E-state index contributed by atoms with van der Waals surface area (Å²) in [6.07, 6.45) is -4.56. The van der Waals surface area contributed by atoms with Crippen molar-refractivity contribution >= 4 is 16.3 Å². The van der Waals surface area contributed by atoms with Gasteiger partial charge in [0.05, 0.1) is 19.1 Å². The molecule has 1 fully saturated rings. The van der Waals surface area contributed by atoms with Crippen molar-refractivity contribution in [2.75, 3.05) is 19.8 Å². The highest BCUT2D eigenvalue weighted by Gasteiger charge is 2.39. The van der Waals surface area contributed by atoms with Gasteiger partial charge >= 0.3 is 6.18 Å². The molecule has 0 spiro atoms. The van der Waals surface area contributed by atoms with E-state index in [0.29, 0.717) is 18.2 Å². The fourth-order valence-corrected chi connectivity index (χ4v) is 3.21. The Morgan fingerprint density at radius 1 is 1.40 bits per heavy atom. The molecule has 1 saturated heterocycles. The van der Waals surface area contributed by atoms with Crippen LogP contribution in [-0.2, 0) is 10.9 Å². The van der Waals surface area contributed by atoms with E-state index < -0.39 is 12.0 Å². The first-order valence-electron chi connectivity index (χ1n) is 6.11. The number of ether oxygens (including phenoxy) is 1. The Labute approximate surface area is 115 Å². The van der Waals surface area contributed by atoms with Gasteiger partial charge in [-0.25, -0.2) is 0 Å². The Morgan fingerprint density at radius 2 is 2.20 bits per heavy atom. The summed E-state index contributed by atoms with van der Waals surface area (Å²) < 4.78 is 44.4. The van der Waals surface area contributed by atoms with Gasteiger partial charge in [-0.15, -0.1) is 10.2 Å². The minimum absolute atomic E-state index is 0.0530. The van der Waals surface area contributed by atoms with Crippen LogP contribution < -0.4 is 5.32 Å². The van der Waals surface area contributed by atoms with Crippen molar-refractivity contribution < 1.29 is 17.9 Å². The minimum atomic E-state index is -4.56. The molecule has 2 atom stereocenters. The van der Waals surface area contributed by atoms with E-state index in [0.717, 1.165) is 22.4 Å². The zero-order valence-corrected chi connectivity index (χ0v) is 11.3. The summed E-state index contributed by atoms with van der Waals surface area (Å²) in [7, 11) is 0. The molecule has 3 heterocycles. The molecule has 2 aromatic heterocycles. The predicted molar refractivity (Wildman–Crippen MR) is 64.7 cm³/mol. The van der Waals surface area contributed by atoms with Crippen LogP contribution in [0.25, 0.3) is 4.96 Å². The van der Waals surface area contributed by atoms with Gasteiger partial charge in [0.1, 0.15) is 5.01 Å². The molecule has 6 nitrogen and oxygen atoms in total. The van der Waals surface area contributed by atoms with E-state index in [1.165, 1.54) is 0 Å². The van der Waals surface area contributed by atoms with Crippen LogP contribution in [-0.4, -0.2) is 45.6 Å². The average Bonchev–Trinajstić information content (AvgIpc) is 2.99. The summed E-state index contributed by atoms with van der Waals surface area (Å²) in [5.74, 6) is -1.14. The zero-order chi connectivity index (χ0) is 14.3. The summed E-state index contributed by atoms with van der Waals surface area (Å²) in [4.78, 5) is 0.148. The Morgan fingerprint density at radius 3 is 2.90 bits per heavy atom. The molecule has 110 valence electrons. The van der Waals surface area contributed by atoms with Crippen LogP contribution in [0.1, 0.15) is 23.7 Å². The first-order valence-corrected chi connectivity index (χ1v) is 6.92. The predicted octanol–water partition coefficient (Wildman–Crippen LogP) is 1.30. The Hall–Kier alpha value is -1.26. The second kappa shape index (κ2) is 4.93. The van der Waals surface area contributed by atoms with Gasteiger partial charge in [-0.3, -0.25) is 0 Å². The normalized spacial score (nSPS) is 23.8. The zero-order valence-electron chi connectivity index (χ0n) is 10.5. The molecule has 0 aliphatic carbocycles. The molecule has 0 saturated carbocycles. The van der Waals surface area contributed by atoms with Gasteiger partial charge in [0.2, 0.25) is 4.96 Å². The van der Waals surface area contributed by atoms with Gasteiger partial charge in [0, 0.05) is 6.04 Å². The summed E-state index contributed by atoms with van der Waals surface area (Å²) >= 11 is 1.12. The molecule has 20 heavy (non-hydrogen) atoms. The molecule has 3 rings (SSSR count). The lowest BCUT2D eigenvalue weighted by atomic mass is 10.1. The van der Waals surface area contributed by atoms with Crippen molar-refractivity contribution in [1.29, 1.82) is 0 Å². The first-order chi connectivity index (χ1) is 9.50. The number of halogens is 3. The fourth-order valence-electron chi connectivity index (χ4n) is 2.22. The first kappa shape index (κ1) is 13.7. The maximum absolute atomic E-state index is 12.7. The number of nitrogens with one attached hydrogen (secondary N) is 1. The van der Waals surface area contributed by atoms with Gasteiger partial charge in [-0.1, -0.05) is 18.3 Å². The largest absolute Gasteiger partial charge is 0.453 e. The molecule has 0 amide bonds. The van der Waals surface area contributed by atoms with Crippen LogP contribution in [0.15, 0.2) is 0 Å². The highest BCUT2D eigenvalue weighted by Crippen LogP contribution is 2.33. The van der Waals surface area contributed by atoms with Crippen molar-refractivity contribution in [2.24, 2.45) is 0 Å². The van der Waals surface area contributed by atoms with E-state index in [4.69, 9.17) is 4.74 Å². The van der Waals surface area contributed by atoms with Crippen LogP contribution in [0.3, 0.4) is 0 Å². The second-order valence-corrected chi connectivity index (χ2v) is 5.45. The van der Waals surface area contributed by atoms with E-state index in [1.807, 2.05) is 6.92 Å². The average molecular weight is 307 g/mol. The van der Waals surface area contributed by atoms with E-state index in [-0.39, 0.29) is 16.9 Å². The van der Waals surface area contributed by atoms with Crippen molar-refractivity contribution in [2.45, 2.75) is 25.1 Å². The summed E-state index contributed by atoms with van der Waals surface area (Å²) in [6, 6.07) is 0.0677. The number of fused-ring (bicyclic) bond motifs is 1. The van der Waals surface area contributed by atoms with Gasteiger partial charge in [-0.2, -0.15) is 22.8 Å². The molecule has 0 radical (unpaired) electrons. The molecule has 1 aliphatic rings. The van der Waals surface area contributed by atoms with Crippen molar-refractivity contribution in [1.82, 2.24) is 25.1 Å². The maximum Gasteiger partial charge on any atom is 0.453 e. The van der Waals surface area contributed by atoms with Crippen molar-refractivity contribution in [3.05, 3.63) is 10.8 Å². The number of hydrogen-bond acceptors (Lipinski definition) is 6. The molecular formula is C10H12F3N5OS. The Bertz CT molecular complexity index is 610. The number of nitrogens with zero attached hydrogens (tertiary/aromatic N) is 4. The highest BCUT2D eigenvalue weighted by atomic mass is 32.1. The molecule has 0 aromatic carbocycles. The molecule has 10 heteroatoms. The number of alkyl halides is 3. The molecule has 0 bridgehead atoms. The third-order valence-electron chi connectivity index (χ3n) is 3.12. The SMILES string of the molecule is CCNC1COCC1c1nn2c(C(F)(F)F)nnc2s1. The number of hydrogen-bond donors (Lipinski definition) is 1. The standard InChI is InChI=1S/C10H12F3N5OS/c1-2-14-6-4-19-3-5(6)7-17-18-8(10(11,12)13)15-16-9(18)20-7/h5-6,14H,2-4H2,1H3. The third kappa shape index (κ3) is 2.27. The van der Waals surface area contributed by atoms with Crippen LogP contribution in [0.2, 0.25) is 0 Å². The molecule has 2 aromatic rings.